The predicted octanol–water partition coefficient (Wildman–Crippen LogP) is 4.55. The largest absolute Gasteiger partial charge is 0.417 e. The average molecular weight is 261 g/mol. The van der Waals surface area contributed by atoms with E-state index in [4.69, 9.17) is 5.26 Å². The van der Waals surface area contributed by atoms with Crippen molar-refractivity contribution in [1.29, 1.82) is 5.26 Å². The molecule has 0 aromatic heterocycles. The third-order valence-corrected chi connectivity index (χ3v) is 2.80. The number of hydrogen-bond acceptors (Lipinski definition) is 1. The fraction of sp³-hybridized carbons (Fsp3) is 0.133. The molecule has 0 atom stereocenters. The maximum Gasteiger partial charge on any atom is 0.417 e. The van der Waals surface area contributed by atoms with Crippen LogP contribution in [0.25, 0.3) is 11.1 Å². The molecule has 0 bridgehead atoms. The van der Waals surface area contributed by atoms with Crippen LogP contribution < -0.4 is 0 Å². The molecule has 0 radical (unpaired) electrons. The Bertz CT molecular complexity index is 651. The molecular formula is C15H10F3N. The third kappa shape index (κ3) is 2.60. The summed E-state index contributed by atoms with van der Waals surface area (Å²) in [4.78, 5) is 0. The van der Waals surface area contributed by atoms with E-state index in [0.717, 1.165) is 11.6 Å². The first-order chi connectivity index (χ1) is 8.93. The van der Waals surface area contributed by atoms with Crippen LogP contribution in [0.1, 0.15) is 16.7 Å². The minimum Gasteiger partial charge on any atom is -0.192 e. The fourth-order valence-electron chi connectivity index (χ4n) is 1.99. The van der Waals surface area contributed by atoms with Crippen molar-refractivity contribution in [2.45, 2.75) is 13.1 Å². The minimum atomic E-state index is -4.48. The summed E-state index contributed by atoms with van der Waals surface area (Å²) in [5, 5.41) is 9.02. The highest BCUT2D eigenvalue weighted by molar-refractivity contribution is 5.75. The first-order valence-corrected chi connectivity index (χ1v) is 5.61. The molecule has 2 aromatic carbocycles. The number of nitriles is 1. The molecule has 2 rings (SSSR count). The molecule has 2 aromatic rings. The van der Waals surface area contributed by atoms with E-state index in [1.807, 2.05) is 6.07 Å². The van der Waals surface area contributed by atoms with Crippen molar-refractivity contribution in [3.8, 4) is 17.2 Å². The highest BCUT2D eigenvalue weighted by Crippen LogP contribution is 2.38. The molecule has 96 valence electrons. The average Bonchev–Trinajstić information content (AvgIpc) is 2.36. The maximum absolute atomic E-state index is 13.0. The van der Waals surface area contributed by atoms with E-state index in [9.17, 15) is 13.2 Å². The van der Waals surface area contributed by atoms with E-state index in [-0.39, 0.29) is 11.1 Å². The molecule has 19 heavy (non-hydrogen) atoms. The van der Waals surface area contributed by atoms with Crippen molar-refractivity contribution in [3.63, 3.8) is 0 Å². The Hall–Kier alpha value is -2.28. The second kappa shape index (κ2) is 4.77. The van der Waals surface area contributed by atoms with E-state index in [1.165, 1.54) is 12.1 Å². The lowest BCUT2D eigenvalue weighted by atomic mass is 9.93. The van der Waals surface area contributed by atoms with Gasteiger partial charge in [-0.1, -0.05) is 35.9 Å². The Labute approximate surface area is 108 Å². The summed E-state index contributed by atoms with van der Waals surface area (Å²) in [6, 6.07) is 12.2. The van der Waals surface area contributed by atoms with Crippen LogP contribution in [0.4, 0.5) is 13.2 Å². The Morgan fingerprint density at radius 1 is 1.05 bits per heavy atom. The summed E-state index contributed by atoms with van der Waals surface area (Å²) >= 11 is 0. The topological polar surface area (TPSA) is 23.8 Å². The highest BCUT2D eigenvalue weighted by atomic mass is 19.4. The zero-order chi connectivity index (χ0) is 14.0. The van der Waals surface area contributed by atoms with Gasteiger partial charge in [-0.2, -0.15) is 18.4 Å². The van der Waals surface area contributed by atoms with Crippen LogP contribution in [-0.2, 0) is 6.18 Å². The molecule has 0 saturated carbocycles. The standard InChI is InChI=1S/C15H10F3N/c1-10-4-2-5-11(8-10)14-12(9-19)6-3-7-13(14)15(16,17)18/h2-8H,1H3. The van der Waals surface area contributed by atoms with Crippen LogP contribution in [0.15, 0.2) is 42.5 Å². The van der Waals surface area contributed by atoms with Gasteiger partial charge in [0.15, 0.2) is 0 Å². The molecule has 0 aliphatic heterocycles. The van der Waals surface area contributed by atoms with E-state index in [1.54, 1.807) is 31.2 Å². The Kier molecular flexibility index (Phi) is 3.30. The van der Waals surface area contributed by atoms with Crippen LogP contribution in [0.2, 0.25) is 0 Å². The predicted molar refractivity (Wildman–Crippen MR) is 66.3 cm³/mol. The Balaban J connectivity index is 2.77. The van der Waals surface area contributed by atoms with Gasteiger partial charge < -0.3 is 0 Å². The third-order valence-electron chi connectivity index (χ3n) is 2.80. The number of aryl methyl sites for hydroxylation is 1. The molecule has 0 unspecified atom stereocenters. The smallest absolute Gasteiger partial charge is 0.192 e. The van der Waals surface area contributed by atoms with Crippen LogP contribution in [-0.4, -0.2) is 0 Å². The molecule has 1 nitrogen and oxygen atoms in total. The molecule has 4 heteroatoms. The molecule has 0 saturated heterocycles. The maximum atomic E-state index is 13.0. The normalized spacial score (nSPS) is 11.1. The lowest BCUT2D eigenvalue weighted by Crippen LogP contribution is -2.08. The van der Waals surface area contributed by atoms with Crippen LogP contribution in [0.5, 0.6) is 0 Å². The molecule has 0 aliphatic rings. The summed E-state index contributed by atoms with van der Waals surface area (Å²) < 4.78 is 39.1. The van der Waals surface area contributed by atoms with E-state index < -0.39 is 11.7 Å². The lowest BCUT2D eigenvalue weighted by Gasteiger charge is -2.14. The van der Waals surface area contributed by atoms with E-state index in [0.29, 0.717) is 5.56 Å². The van der Waals surface area contributed by atoms with Crippen LogP contribution in [0, 0.1) is 18.3 Å². The fourth-order valence-corrected chi connectivity index (χ4v) is 1.99. The first kappa shape index (κ1) is 13.2. The second-order valence-electron chi connectivity index (χ2n) is 4.21. The van der Waals surface area contributed by atoms with Gasteiger partial charge in [0.1, 0.15) is 0 Å². The lowest BCUT2D eigenvalue weighted by molar-refractivity contribution is -0.137. The molecule has 0 fully saturated rings. The first-order valence-electron chi connectivity index (χ1n) is 5.61. The molecule has 0 amide bonds. The SMILES string of the molecule is Cc1cccc(-c2c(C#N)cccc2C(F)(F)F)c1. The van der Waals surface area contributed by atoms with Gasteiger partial charge in [0.05, 0.1) is 17.2 Å². The van der Waals surface area contributed by atoms with Gasteiger partial charge in [-0.05, 0) is 24.6 Å². The molecular weight excluding hydrogens is 251 g/mol. The Morgan fingerprint density at radius 2 is 1.74 bits per heavy atom. The van der Waals surface area contributed by atoms with Crippen molar-refractivity contribution in [2.24, 2.45) is 0 Å². The van der Waals surface area contributed by atoms with Crippen LogP contribution >= 0.6 is 0 Å². The number of benzene rings is 2. The van der Waals surface area contributed by atoms with Gasteiger partial charge in [-0.15, -0.1) is 0 Å². The van der Waals surface area contributed by atoms with Crippen molar-refractivity contribution in [2.75, 3.05) is 0 Å². The van der Waals surface area contributed by atoms with Gasteiger partial charge in [0, 0.05) is 5.56 Å². The highest BCUT2D eigenvalue weighted by Gasteiger charge is 2.34. The number of nitrogens with zero attached hydrogens (tertiary/aromatic N) is 1. The van der Waals surface area contributed by atoms with Crippen molar-refractivity contribution in [1.82, 2.24) is 0 Å². The number of rotatable bonds is 1. The van der Waals surface area contributed by atoms with E-state index >= 15 is 0 Å². The zero-order valence-corrected chi connectivity index (χ0v) is 10.1. The quantitative estimate of drug-likeness (QED) is 0.738. The molecule has 0 heterocycles. The number of hydrogen-bond donors (Lipinski definition) is 0. The van der Waals surface area contributed by atoms with Crippen LogP contribution in [0.3, 0.4) is 0 Å². The monoisotopic (exact) mass is 261 g/mol. The van der Waals surface area contributed by atoms with Gasteiger partial charge in [-0.3, -0.25) is 0 Å². The zero-order valence-electron chi connectivity index (χ0n) is 10.1. The van der Waals surface area contributed by atoms with Crippen molar-refractivity contribution < 1.29 is 13.2 Å². The summed E-state index contributed by atoms with van der Waals surface area (Å²) in [6.45, 7) is 1.80. The second-order valence-corrected chi connectivity index (χ2v) is 4.21. The summed E-state index contributed by atoms with van der Waals surface area (Å²) in [7, 11) is 0. The summed E-state index contributed by atoms with van der Waals surface area (Å²) in [5.41, 5.74) is 0.446. The molecule has 0 aliphatic carbocycles. The summed E-state index contributed by atoms with van der Waals surface area (Å²) in [5.74, 6) is 0. The molecule has 0 N–H and O–H groups in total. The van der Waals surface area contributed by atoms with Gasteiger partial charge in [0.25, 0.3) is 0 Å². The minimum absolute atomic E-state index is 0.0282. The van der Waals surface area contributed by atoms with Gasteiger partial charge in [0.2, 0.25) is 0 Å². The number of halogens is 3. The van der Waals surface area contributed by atoms with Crippen molar-refractivity contribution >= 4 is 0 Å². The van der Waals surface area contributed by atoms with Gasteiger partial charge in [-0.25, -0.2) is 0 Å². The molecule has 0 spiro atoms. The van der Waals surface area contributed by atoms with Crippen molar-refractivity contribution in [3.05, 3.63) is 59.2 Å². The number of alkyl halides is 3. The van der Waals surface area contributed by atoms with E-state index in [2.05, 4.69) is 0 Å². The Morgan fingerprint density at radius 3 is 2.32 bits per heavy atom. The van der Waals surface area contributed by atoms with Gasteiger partial charge >= 0.3 is 6.18 Å². The summed E-state index contributed by atoms with van der Waals surface area (Å²) in [6.07, 6.45) is -4.48.